The SMILES string of the molecule is COc1ccc(-c2noc(C3(O)CCNC3)n2)cc1OC. The van der Waals surface area contributed by atoms with Gasteiger partial charge in [0, 0.05) is 12.1 Å². The normalized spacial score (nSPS) is 21.5. The third-order valence-corrected chi connectivity index (χ3v) is 3.60. The highest BCUT2D eigenvalue weighted by Gasteiger charge is 2.38. The van der Waals surface area contributed by atoms with Crippen molar-refractivity contribution in [3.63, 3.8) is 0 Å². The summed E-state index contributed by atoms with van der Waals surface area (Å²) in [5.74, 6) is 1.86. The van der Waals surface area contributed by atoms with Crippen molar-refractivity contribution in [1.82, 2.24) is 15.5 Å². The monoisotopic (exact) mass is 291 g/mol. The third kappa shape index (κ3) is 2.45. The van der Waals surface area contributed by atoms with Gasteiger partial charge in [0.1, 0.15) is 0 Å². The molecular formula is C14H17N3O4. The summed E-state index contributed by atoms with van der Waals surface area (Å²) in [5, 5.41) is 17.4. The first-order valence-electron chi connectivity index (χ1n) is 6.66. The number of methoxy groups -OCH3 is 2. The second-order valence-corrected chi connectivity index (χ2v) is 4.95. The number of nitrogens with one attached hydrogen (secondary N) is 1. The first-order chi connectivity index (χ1) is 10.2. The van der Waals surface area contributed by atoms with Gasteiger partial charge in [-0.1, -0.05) is 5.16 Å². The summed E-state index contributed by atoms with van der Waals surface area (Å²) in [5.41, 5.74) is -0.348. The minimum absolute atomic E-state index is 0.234. The van der Waals surface area contributed by atoms with E-state index in [4.69, 9.17) is 14.0 Å². The van der Waals surface area contributed by atoms with Crippen LogP contribution in [0.2, 0.25) is 0 Å². The average molecular weight is 291 g/mol. The summed E-state index contributed by atoms with van der Waals surface area (Å²) in [4.78, 5) is 4.30. The molecule has 1 atom stereocenters. The zero-order chi connectivity index (χ0) is 14.9. The molecule has 7 heteroatoms. The Kier molecular flexibility index (Phi) is 3.52. The maximum Gasteiger partial charge on any atom is 0.260 e. The molecule has 1 fully saturated rings. The predicted molar refractivity (Wildman–Crippen MR) is 74.2 cm³/mol. The van der Waals surface area contributed by atoms with Crippen LogP contribution in [0.3, 0.4) is 0 Å². The Morgan fingerprint density at radius 3 is 2.76 bits per heavy atom. The maximum absolute atomic E-state index is 10.4. The fourth-order valence-electron chi connectivity index (χ4n) is 2.37. The molecule has 1 saturated heterocycles. The molecule has 0 aliphatic carbocycles. The Labute approximate surface area is 121 Å². The Balaban J connectivity index is 1.93. The summed E-state index contributed by atoms with van der Waals surface area (Å²) >= 11 is 0. The van der Waals surface area contributed by atoms with Crippen LogP contribution < -0.4 is 14.8 Å². The van der Waals surface area contributed by atoms with Gasteiger partial charge in [-0.05, 0) is 31.2 Å². The molecule has 0 bridgehead atoms. The second kappa shape index (κ2) is 5.34. The van der Waals surface area contributed by atoms with Gasteiger partial charge in [0.05, 0.1) is 14.2 Å². The van der Waals surface area contributed by atoms with Gasteiger partial charge in [0.25, 0.3) is 5.89 Å². The molecular weight excluding hydrogens is 274 g/mol. The number of hydrogen-bond acceptors (Lipinski definition) is 7. The number of benzene rings is 1. The standard InChI is InChI=1S/C14H17N3O4/c1-19-10-4-3-9(7-11(10)20-2)12-16-13(21-17-12)14(18)5-6-15-8-14/h3-4,7,15,18H,5-6,8H2,1-2H3. The van der Waals surface area contributed by atoms with Crippen molar-refractivity contribution in [3.05, 3.63) is 24.1 Å². The molecule has 21 heavy (non-hydrogen) atoms. The van der Waals surface area contributed by atoms with Gasteiger partial charge in [0.2, 0.25) is 5.82 Å². The van der Waals surface area contributed by atoms with Crippen LogP contribution in [-0.2, 0) is 5.60 Å². The largest absolute Gasteiger partial charge is 0.493 e. The van der Waals surface area contributed by atoms with Crippen molar-refractivity contribution in [2.24, 2.45) is 0 Å². The number of hydrogen-bond donors (Lipinski definition) is 2. The van der Waals surface area contributed by atoms with Gasteiger partial charge < -0.3 is 24.4 Å². The molecule has 2 heterocycles. The van der Waals surface area contributed by atoms with Crippen LogP contribution >= 0.6 is 0 Å². The van der Waals surface area contributed by atoms with Crippen molar-refractivity contribution in [1.29, 1.82) is 0 Å². The lowest BCUT2D eigenvalue weighted by Gasteiger charge is -2.14. The highest BCUT2D eigenvalue weighted by Crippen LogP contribution is 2.33. The molecule has 0 amide bonds. The lowest BCUT2D eigenvalue weighted by Crippen LogP contribution is -2.28. The Morgan fingerprint density at radius 1 is 1.29 bits per heavy atom. The van der Waals surface area contributed by atoms with Crippen molar-refractivity contribution in [2.75, 3.05) is 27.3 Å². The van der Waals surface area contributed by atoms with Crippen LogP contribution in [0.25, 0.3) is 11.4 Å². The number of ether oxygens (including phenoxy) is 2. The van der Waals surface area contributed by atoms with E-state index in [-0.39, 0.29) is 5.89 Å². The second-order valence-electron chi connectivity index (χ2n) is 4.95. The first-order valence-corrected chi connectivity index (χ1v) is 6.66. The van der Waals surface area contributed by atoms with E-state index in [0.29, 0.717) is 30.3 Å². The van der Waals surface area contributed by atoms with E-state index in [1.165, 1.54) is 0 Å². The number of rotatable bonds is 4. The Morgan fingerprint density at radius 2 is 2.10 bits per heavy atom. The van der Waals surface area contributed by atoms with Gasteiger partial charge in [-0.15, -0.1) is 0 Å². The van der Waals surface area contributed by atoms with Crippen molar-refractivity contribution in [3.8, 4) is 22.9 Å². The van der Waals surface area contributed by atoms with E-state index in [9.17, 15) is 5.11 Å². The van der Waals surface area contributed by atoms with Crippen LogP contribution in [0.4, 0.5) is 0 Å². The van der Waals surface area contributed by atoms with Gasteiger partial charge in [-0.25, -0.2) is 0 Å². The van der Waals surface area contributed by atoms with Gasteiger partial charge in [0.15, 0.2) is 17.1 Å². The van der Waals surface area contributed by atoms with E-state index < -0.39 is 5.60 Å². The van der Waals surface area contributed by atoms with Crippen molar-refractivity contribution in [2.45, 2.75) is 12.0 Å². The van der Waals surface area contributed by atoms with Crippen molar-refractivity contribution < 1.29 is 19.1 Å². The average Bonchev–Trinajstić information content (AvgIpc) is 3.16. The molecule has 1 aromatic heterocycles. The van der Waals surface area contributed by atoms with Crippen LogP contribution in [0.5, 0.6) is 11.5 Å². The number of β-amino-alcohol motifs (C(OH)–C–C–N with tert-alkyl or cyclic N) is 1. The fraction of sp³-hybridized carbons (Fsp3) is 0.429. The Bertz CT molecular complexity index is 635. The lowest BCUT2D eigenvalue weighted by atomic mass is 10.0. The molecule has 0 spiro atoms. The van der Waals surface area contributed by atoms with Crippen LogP contribution in [-0.4, -0.2) is 42.6 Å². The minimum Gasteiger partial charge on any atom is -0.493 e. The third-order valence-electron chi connectivity index (χ3n) is 3.60. The molecule has 0 saturated carbocycles. The zero-order valence-electron chi connectivity index (χ0n) is 11.9. The summed E-state index contributed by atoms with van der Waals surface area (Å²) in [6.45, 7) is 1.14. The molecule has 1 aliphatic heterocycles. The van der Waals surface area contributed by atoms with E-state index in [1.807, 2.05) is 6.07 Å². The molecule has 2 N–H and O–H groups in total. The van der Waals surface area contributed by atoms with Crippen LogP contribution in [0.15, 0.2) is 22.7 Å². The smallest absolute Gasteiger partial charge is 0.260 e. The van der Waals surface area contributed by atoms with E-state index in [0.717, 1.165) is 12.1 Å². The molecule has 1 unspecified atom stereocenters. The zero-order valence-corrected chi connectivity index (χ0v) is 11.9. The lowest BCUT2D eigenvalue weighted by molar-refractivity contribution is 0.0243. The van der Waals surface area contributed by atoms with E-state index in [2.05, 4.69) is 15.5 Å². The highest BCUT2D eigenvalue weighted by atomic mass is 16.5. The topological polar surface area (TPSA) is 89.6 Å². The van der Waals surface area contributed by atoms with E-state index >= 15 is 0 Å². The maximum atomic E-state index is 10.4. The molecule has 1 aromatic carbocycles. The molecule has 1 aliphatic rings. The molecule has 2 aromatic rings. The predicted octanol–water partition coefficient (Wildman–Crippen LogP) is 0.935. The van der Waals surface area contributed by atoms with Gasteiger partial charge in [-0.3, -0.25) is 0 Å². The molecule has 112 valence electrons. The fourth-order valence-corrected chi connectivity index (χ4v) is 2.37. The number of nitrogens with zero attached hydrogens (tertiary/aromatic N) is 2. The minimum atomic E-state index is -1.08. The van der Waals surface area contributed by atoms with Crippen LogP contribution in [0, 0.1) is 0 Å². The summed E-state index contributed by atoms with van der Waals surface area (Å²) < 4.78 is 15.7. The first kappa shape index (κ1) is 13.8. The van der Waals surface area contributed by atoms with Crippen molar-refractivity contribution >= 4 is 0 Å². The molecule has 7 nitrogen and oxygen atoms in total. The summed E-state index contributed by atoms with van der Waals surface area (Å²) in [7, 11) is 3.14. The van der Waals surface area contributed by atoms with E-state index in [1.54, 1.807) is 26.4 Å². The number of aromatic nitrogens is 2. The summed E-state index contributed by atoms with van der Waals surface area (Å²) in [6.07, 6.45) is 0.556. The molecule has 3 rings (SSSR count). The van der Waals surface area contributed by atoms with Crippen LogP contribution in [0.1, 0.15) is 12.3 Å². The Hall–Kier alpha value is -2.12. The highest BCUT2D eigenvalue weighted by molar-refractivity contribution is 5.60. The van der Waals surface area contributed by atoms with Gasteiger partial charge in [-0.2, -0.15) is 4.98 Å². The summed E-state index contributed by atoms with van der Waals surface area (Å²) in [6, 6.07) is 5.35. The number of aliphatic hydroxyl groups is 1. The quantitative estimate of drug-likeness (QED) is 0.866. The van der Waals surface area contributed by atoms with Gasteiger partial charge >= 0.3 is 0 Å². The molecule has 0 radical (unpaired) electrons.